The molecule has 2 aromatic carbocycles. The molecule has 0 bridgehead atoms. The first-order valence-electron chi connectivity index (χ1n) is 6.67. The van der Waals surface area contributed by atoms with E-state index in [-0.39, 0.29) is 16.9 Å². The largest absolute Gasteiger partial charge is 0.483 e. The van der Waals surface area contributed by atoms with Gasteiger partial charge in [0.25, 0.3) is 0 Å². The van der Waals surface area contributed by atoms with Crippen LogP contribution in [-0.4, -0.2) is 5.60 Å². The number of nitrogens with zero attached hydrogens (tertiary/aromatic N) is 1. The second kappa shape index (κ2) is 4.78. The Labute approximate surface area is 122 Å². The zero-order valence-electron chi connectivity index (χ0n) is 11.8. The van der Waals surface area contributed by atoms with Gasteiger partial charge in [-0.2, -0.15) is 5.26 Å². The summed E-state index contributed by atoms with van der Waals surface area (Å²) in [6.45, 7) is 4.00. The SMILES string of the molecule is CC1(C)Cc2cccc(Oc3ccc(C#N)cc3F)c2O1. The van der Waals surface area contributed by atoms with Gasteiger partial charge in [-0.1, -0.05) is 12.1 Å². The monoisotopic (exact) mass is 283 g/mol. The van der Waals surface area contributed by atoms with E-state index in [2.05, 4.69) is 0 Å². The molecular weight excluding hydrogens is 269 g/mol. The number of benzene rings is 2. The second-order valence-corrected chi connectivity index (χ2v) is 5.64. The summed E-state index contributed by atoms with van der Waals surface area (Å²) in [6, 6.07) is 11.6. The Hall–Kier alpha value is -2.54. The first-order valence-corrected chi connectivity index (χ1v) is 6.67. The summed E-state index contributed by atoms with van der Waals surface area (Å²) in [5, 5.41) is 8.75. The van der Waals surface area contributed by atoms with E-state index < -0.39 is 5.82 Å². The quantitative estimate of drug-likeness (QED) is 0.829. The van der Waals surface area contributed by atoms with Gasteiger partial charge < -0.3 is 9.47 Å². The number of nitriles is 1. The number of halogens is 1. The molecule has 0 amide bonds. The van der Waals surface area contributed by atoms with Gasteiger partial charge in [0, 0.05) is 12.0 Å². The highest BCUT2D eigenvalue weighted by molar-refractivity contribution is 5.52. The van der Waals surface area contributed by atoms with Crippen molar-refractivity contribution in [1.82, 2.24) is 0 Å². The Morgan fingerprint density at radius 3 is 2.76 bits per heavy atom. The summed E-state index contributed by atoms with van der Waals surface area (Å²) in [4.78, 5) is 0. The number of hydrogen-bond donors (Lipinski definition) is 0. The van der Waals surface area contributed by atoms with Crippen LogP contribution in [-0.2, 0) is 6.42 Å². The molecule has 0 atom stereocenters. The summed E-state index contributed by atoms with van der Waals surface area (Å²) in [6.07, 6.45) is 0.787. The van der Waals surface area contributed by atoms with Crippen molar-refractivity contribution in [1.29, 1.82) is 5.26 Å². The zero-order valence-corrected chi connectivity index (χ0v) is 11.8. The van der Waals surface area contributed by atoms with Crippen LogP contribution >= 0.6 is 0 Å². The molecule has 0 fully saturated rings. The van der Waals surface area contributed by atoms with Crippen molar-refractivity contribution in [2.24, 2.45) is 0 Å². The molecular formula is C17H14FNO2. The highest BCUT2D eigenvalue weighted by Gasteiger charge is 2.32. The molecule has 0 saturated carbocycles. The number of fused-ring (bicyclic) bond motifs is 1. The lowest BCUT2D eigenvalue weighted by Gasteiger charge is -2.18. The van der Waals surface area contributed by atoms with E-state index in [1.165, 1.54) is 12.1 Å². The van der Waals surface area contributed by atoms with Crippen LogP contribution in [0.4, 0.5) is 4.39 Å². The minimum atomic E-state index is -0.566. The van der Waals surface area contributed by atoms with Crippen molar-refractivity contribution in [3.05, 3.63) is 53.3 Å². The van der Waals surface area contributed by atoms with E-state index in [4.69, 9.17) is 14.7 Å². The minimum absolute atomic E-state index is 0.0794. The molecule has 4 heteroatoms. The summed E-state index contributed by atoms with van der Waals surface area (Å²) in [5.41, 5.74) is 1.02. The Morgan fingerprint density at radius 1 is 1.24 bits per heavy atom. The van der Waals surface area contributed by atoms with Crippen molar-refractivity contribution < 1.29 is 13.9 Å². The number of ether oxygens (including phenoxy) is 2. The Bertz CT molecular complexity index is 747. The molecule has 3 nitrogen and oxygen atoms in total. The topological polar surface area (TPSA) is 42.2 Å². The summed E-state index contributed by atoms with van der Waals surface area (Å²) in [7, 11) is 0. The van der Waals surface area contributed by atoms with E-state index in [9.17, 15) is 4.39 Å². The maximum atomic E-state index is 13.9. The lowest BCUT2D eigenvalue weighted by molar-refractivity contribution is 0.135. The van der Waals surface area contributed by atoms with Gasteiger partial charge in [0.15, 0.2) is 23.1 Å². The molecule has 0 radical (unpaired) electrons. The summed E-state index contributed by atoms with van der Waals surface area (Å²) in [5.74, 6) is 0.660. The standard InChI is InChI=1S/C17H14FNO2/c1-17(2)9-12-4-3-5-15(16(12)21-17)20-14-7-6-11(10-19)8-13(14)18/h3-8H,9H2,1-2H3. The third kappa shape index (κ3) is 2.55. The maximum Gasteiger partial charge on any atom is 0.169 e. The van der Waals surface area contributed by atoms with E-state index in [0.717, 1.165) is 18.1 Å². The molecule has 106 valence electrons. The lowest BCUT2D eigenvalue weighted by atomic mass is 10.0. The van der Waals surface area contributed by atoms with Gasteiger partial charge in [-0.3, -0.25) is 0 Å². The lowest BCUT2D eigenvalue weighted by Crippen LogP contribution is -2.24. The summed E-state index contributed by atoms with van der Waals surface area (Å²) < 4.78 is 25.4. The van der Waals surface area contributed by atoms with Crippen LogP contribution in [0.15, 0.2) is 36.4 Å². The molecule has 0 aliphatic carbocycles. The van der Waals surface area contributed by atoms with Crippen LogP contribution in [0.3, 0.4) is 0 Å². The fourth-order valence-corrected chi connectivity index (χ4v) is 2.44. The van der Waals surface area contributed by atoms with Crippen LogP contribution < -0.4 is 9.47 Å². The van der Waals surface area contributed by atoms with Crippen molar-refractivity contribution >= 4 is 0 Å². The van der Waals surface area contributed by atoms with Crippen molar-refractivity contribution in [3.63, 3.8) is 0 Å². The first-order chi connectivity index (χ1) is 9.98. The maximum absolute atomic E-state index is 13.9. The predicted octanol–water partition coefficient (Wildman–Crippen LogP) is 4.20. The van der Waals surface area contributed by atoms with Crippen LogP contribution in [0.5, 0.6) is 17.2 Å². The molecule has 3 rings (SSSR count). The Balaban J connectivity index is 1.94. The Kier molecular flexibility index (Phi) is 3.06. The number of para-hydroxylation sites is 1. The van der Waals surface area contributed by atoms with Crippen molar-refractivity contribution in [3.8, 4) is 23.3 Å². The summed E-state index contributed by atoms with van der Waals surface area (Å²) >= 11 is 0. The fourth-order valence-electron chi connectivity index (χ4n) is 2.44. The highest BCUT2D eigenvalue weighted by Crippen LogP contribution is 2.43. The molecule has 1 aliphatic rings. The Morgan fingerprint density at radius 2 is 2.05 bits per heavy atom. The third-order valence-electron chi connectivity index (χ3n) is 3.34. The molecule has 0 unspecified atom stereocenters. The van der Waals surface area contributed by atoms with Crippen LogP contribution in [0.1, 0.15) is 25.0 Å². The fraction of sp³-hybridized carbons (Fsp3) is 0.235. The van der Waals surface area contributed by atoms with Gasteiger partial charge in [0.1, 0.15) is 5.60 Å². The van der Waals surface area contributed by atoms with E-state index in [0.29, 0.717) is 11.5 Å². The molecule has 2 aromatic rings. The van der Waals surface area contributed by atoms with Crippen LogP contribution in [0, 0.1) is 17.1 Å². The molecule has 0 N–H and O–H groups in total. The van der Waals surface area contributed by atoms with Gasteiger partial charge in [-0.15, -0.1) is 0 Å². The van der Waals surface area contributed by atoms with Gasteiger partial charge in [0.2, 0.25) is 0 Å². The average molecular weight is 283 g/mol. The van der Waals surface area contributed by atoms with Gasteiger partial charge >= 0.3 is 0 Å². The third-order valence-corrected chi connectivity index (χ3v) is 3.34. The smallest absolute Gasteiger partial charge is 0.169 e. The average Bonchev–Trinajstić information content (AvgIpc) is 2.76. The van der Waals surface area contributed by atoms with Crippen molar-refractivity contribution in [2.75, 3.05) is 0 Å². The number of rotatable bonds is 2. The van der Waals surface area contributed by atoms with Crippen LogP contribution in [0.25, 0.3) is 0 Å². The van der Waals surface area contributed by atoms with Crippen LogP contribution in [0.2, 0.25) is 0 Å². The van der Waals surface area contributed by atoms with Gasteiger partial charge in [0.05, 0.1) is 11.6 Å². The minimum Gasteiger partial charge on any atom is -0.483 e. The molecule has 0 aromatic heterocycles. The molecule has 0 spiro atoms. The molecule has 1 heterocycles. The second-order valence-electron chi connectivity index (χ2n) is 5.64. The first kappa shape index (κ1) is 13.4. The zero-order chi connectivity index (χ0) is 15.0. The van der Waals surface area contributed by atoms with Crippen molar-refractivity contribution in [2.45, 2.75) is 25.9 Å². The van der Waals surface area contributed by atoms with E-state index >= 15 is 0 Å². The van der Waals surface area contributed by atoms with E-state index in [1.54, 1.807) is 6.07 Å². The number of hydrogen-bond acceptors (Lipinski definition) is 3. The van der Waals surface area contributed by atoms with Gasteiger partial charge in [-0.25, -0.2) is 4.39 Å². The highest BCUT2D eigenvalue weighted by atomic mass is 19.1. The molecule has 0 saturated heterocycles. The van der Waals surface area contributed by atoms with Gasteiger partial charge in [-0.05, 0) is 38.1 Å². The van der Waals surface area contributed by atoms with E-state index in [1.807, 2.05) is 32.0 Å². The molecule has 21 heavy (non-hydrogen) atoms. The molecule has 1 aliphatic heterocycles. The predicted molar refractivity (Wildman–Crippen MR) is 76.0 cm³/mol. The normalized spacial score (nSPS) is 15.0.